The number of hydrogen-bond acceptors (Lipinski definition) is 3. The van der Waals surface area contributed by atoms with Crippen molar-refractivity contribution in [3.63, 3.8) is 0 Å². The Hall–Kier alpha value is -2.40. The molecular formula is C17H16N2O2S. The van der Waals surface area contributed by atoms with Gasteiger partial charge in [0.2, 0.25) is 9.84 Å². The number of aryl methyl sites for hydroxylation is 1. The van der Waals surface area contributed by atoms with Gasteiger partial charge in [-0.05, 0) is 30.7 Å². The van der Waals surface area contributed by atoms with Crippen molar-refractivity contribution in [2.75, 3.05) is 0 Å². The lowest BCUT2D eigenvalue weighted by Gasteiger charge is -2.19. The van der Waals surface area contributed by atoms with Gasteiger partial charge in [-0.1, -0.05) is 48.0 Å². The molecule has 1 aromatic heterocycles. The zero-order valence-corrected chi connectivity index (χ0v) is 12.9. The van der Waals surface area contributed by atoms with Crippen LogP contribution in [-0.4, -0.2) is 18.2 Å². The lowest BCUT2D eigenvalue weighted by atomic mass is 10.2. The van der Waals surface area contributed by atoms with Crippen LogP contribution < -0.4 is 0 Å². The maximum absolute atomic E-state index is 13.1. The van der Waals surface area contributed by atoms with Gasteiger partial charge in [0.15, 0.2) is 5.37 Å². The maximum atomic E-state index is 13.1. The molecule has 4 nitrogen and oxygen atoms in total. The Kier molecular flexibility index (Phi) is 3.81. The molecule has 1 heterocycles. The van der Waals surface area contributed by atoms with Crippen molar-refractivity contribution >= 4 is 9.84 Å². The van der Waals surface area contributed by atoms with Gasteiger partial charge in [-0.3, -0.25) is 0 Å². The lowest BCUT2D eigenvalue weighted by molar-refractivity contribution is 0.551. The van der Waals surface area contributed by atoms with E-state index in [1.807, 2.05) is 25.1 Å². The molecule has 0 aliphatic rings. The summed E-state index contributed by atoms with van der Waals surface area (Å²) in [6, 6.07) is 17.7. The van der Waals surface area contributed by atoms with Gasteiger partial charge >= 0.3 is 0 Å². The zero-order valence-electron chi connectivity index (χ0n) is 12.1. The number of benzene rings is 2. The molecule has 0 aliphatic heterocycles. The molecule has 5 heteroatoms. The molecule has 0 bridgehead atoms. The minimum absolute atomic E-state index is 0.294. The summed E-state index contributed by atoms with van der Waals surface area (Å²) in [5.74, 6) is 0. The third-order valence-corrected chi connectivity index (χ3v) is 5.50. The average Bonchev–Trinajstić information content (AvgIpc) is 3.02. The summed E-state index contributed by atoms with van der Waals surface area (Å²) in [4.78, 5) is 0.294. The summed E-state index contributed by atoms with van der Waals surface area (Å²) in [6.07, 6.45) is 3.25. The van der Waals surface area contributed by atoms with Crippen molar-refractivity contribution in [1.82, 2.24) is 9.78 Å². The fourth-order valence-electron chi connectivity index (χ4n) is 2.37. The van der Waals surface area contributed by atoms with Gasteiger partial charge in [0, 0.05) is 12.4 Å². The normalized spacial score (nSPS) is 13.0. The van der Waals surface area contributed by atoms with Crippen LogP contribution >= 0.6 is 0 Å². The van der Waals surface area contributed by atoms with E-state index in [0.29, 0.717) is 10.5 Å². The topological polar surface area (TPSA) is 52.0 Å². The summed E-state index contributed by atoms with van der Waals surface area (Å²) in [5.41, 5.74) is 1.71. The average molecular weight is 312 g/mol. The van der Waals surface area contributed by atoms with Crippen molar-refractivity contribution in [1.29, 1.82) is 0 Å². The molecule has 1 unspecified atom stereocenters. The summed E-state index contributed by atoms with van der Waals surface area (Å²) in [7, 11) is -3.59. The number of sulfone groups is 1. The first kappa shape index (κ1) is 14.5. The Morgan fingerprint density at radius 3 is 2.23 bits per heavy atom. The number of rotatable bonds is 4. The second-order valence-electron chi connectivity index (χ2n) is 5.11. The first-order valence-electron chi connectivity index (χ1n) is 6.94. The smallest absolute Gasteiger partial charge is 0.205 e. The van der Waals surface area contributed by atoms with Crippen LogP contribution in [0, 0.1) is 6.92 Å². The predicted molar refractivity (Wildman–Crippen MR) is 85.2 cm³/mol. The molecule has 0 aliphatic carbocycles. The van der Waals surface area contributed by atoms with Crippen molar-refractivity contribution in [3.8, 4) is 0 Å². The molecule has 22 heavy (non-hydrogen) atoms. The fraction of sp³-hybridized carbons (Fsp3) is 0.118. The van der Waals surface area contributed by atoms with Crippen LogP contribution in [0.15, 0.2) is 78.0 Å². The van der Waals surface area contributed by atoms with E-state index in [4.69, 9.17) is 0 Å². The second-order valence-corrected chi connectivity index (χ2v) is 7.12. The highest BCUT2D eigenvalue weighted by Gasteiger charge is 2.30. The van der Waals surface area contributed by atoms with Crippen molar-refractivity contribution in [2.24, 2.45) is 0 Å². The highest BCUT2D eigenvalue weighted by atomic mass is 32.2. The molecule has 3 rings (SSSR count). The standard InChI is InChI=1S/C17H16N2O2S/c1-14-8-10-16(11-9-14)22(20,21)17(19-13-5-12-18-19)15-6-3-2-4-7-15/h2-13,17H,1H3. The van der Waals surface area contributed by atoms with Gasteiger partial charge in [-0.15, -0.1) is 0 Å². The molecule has 0 N–H and O–H groups in total. The number of aromatic nitrogens is 2. The van der Waals surface area contributed by atoms with Gasteiger partial charge in [0.25, 0.3) is 0 Å². The molecule has 0 saturated heterocycles. The summed E-state index contributed by atoms with van der Waals surface area (Å²) in [5, 5.41) is 3.27. The molecule has 3 aromatic rings. The highest BCUT2D eigenvalue weighted by Crippen LogP contribution is 2.29. The Balaban J connectivity index is 2.16. The third-order valence-electron chi connectivity index (χ3n) is 3.49. The molecular weight excluding hydrogens is 296 g/mol. The second kappa shape index (κ2) is 5.77. The molecule has 0 fully saturated rings. The van der Waals surface area contributed by atoms with E-state index in [9.17, 15) is 8.42 Å². The first-order valence-corrected chi connectivity index (χ1v) is 8.48. The van der Waals surface area contributed by atoms with Crippen LogP contribution in [0.1, 0.15) is 16.5 Å². The SMILES string of the molecule is Cc1ccc(S(=O)(=O)C(c2ccccc2)n2cccn2)cc1. The van der Waals surface area contributed by atoms with E-state index in [-0.39, 0.29) is 0 Å². The summed E-state index contributed by atoms with van der Waals surface area (Å²) in [6.45, 7) is 1.93. The van der Waals surface area contributed by atoms with Crippen LogP contribution in [0.5, 0.6) is 0 Å². The minimum Gasteiger partial charge on any atom is -0.250 e. The van der Waals surface area contributed by atoms with Crippen molar-refractivity contribution < 1.29 is 8.42 Å². The zero-order chi connectivity index (χ0) is 15.6. The largest absolute Gasteiger partial charge is 0.250 e. The van der Waals surface area contributed by atoms with Crippen LogP contribution in [0.4, 0.5) is 0 Å². The lowest BCUT2D eigenvalue weighted by Crippen LogP contribution is -2.22. The van der Waals surface area contributed by atoms with E-state index >= 15 is 0 Å². The van der Waals surface area contributed by atoms with Crippen LogP contribution in [0.25, 0.3) is 0 Å². The number of nitrogens with zero attached hydrogens (tertiary/aromatic N) is 2. The Labute approximate surface area is 130 Å². The Morgan fingerprint density at radius 2 is 1.64 bits per heavy atom. The van der Waals surface area contributed by atoms with Crippen molar-refractivity contribution in [2.45, 2.75) is 17.2 Å². The van der Waals surface area contributed by atoms with Crippen LogP contribution in [0.2, 0.25) is 0 Å². The molecule has 1 atom stereocenters. The monoisotopic (exact) mass is 312 g/mol. The first-order chi connectivity index (χ1) is 10.6. The molecule has 0 saturated carbocycles. The van der Waals surface area contributed by atoms with Gasteiger partial charge in [0.05, 0.1) is 4.90 Å². The van der Waals surface area contributed by atoms with Crippen LogP contribution in [-0.2, 0) is 9.84 Å². The maximum Gasteiger partial charge on any atom is 0.205 e. The molecule has 0 radical (unpaired) electrons. The van der Waals surface area contributed by atoms with E-state index in [1.54, 1.807) is 54.9 Å². The quantitative estimate of drug-likeness (QED) is 0.743. The highest BCUT2D eigenvalue weighted by molar-refractivity contribution is 7.91. The minimum atomic E-state index is -3.59. The van der Waals surface area contributed by atoms with E-state index in [0.717, 1.165) is 5.56 Å². The van der Waals surface area contributed by atoms with E-state index in [2.05, 4.69) is 5.10 Å². The molecule has 112 valence electrons. The summed E-state index contributed by atoms with van der Waals surface area (Å²) >= 11 is 0. The molecule has 0 spiro atoms. The van der Waals surface area contributed by atoms with E-state index in [1.165, 1.54) is 4.68 Å². The Bertz CT molecular complexity index is 839. The molecule has 2 aromatic carbocycles. The van der Waals surface area contributed by atoms with Gasteiger partial charge < -0.3 is 0 Å². The molecule has 0 amide bonds. The van der Waals surface area contributed by atoms with Gasteiger partial charge in [-0.2, -0.15) is 5.10 Å². The Morgan fingerprint density at radius 1 is 0.955 bits per heavy atom. The van der Waals surface area contributed by atoms with Crippen LogP contribution in [0.3, 0.4) is 0 Å². The summed E-state index contributed by atoms with van der Waals surface area (Å²) < 4.78 is 27.6. The fourth-order valence-corrected chi connectivity index (χ4v) is 4.07. The van der Waals surface area contributed by atoms with E-state index < -0.39 is 15.2 Å². The third kappa shape index (κ3) is 2.67. The van der Waals surface area contributed by atoms with Crippen molar-refractivity contribution in [3.05, 3.63) is 84.2 Å². The van der Waals surface area contributed by atoms with Gasteiger partial charge in [-0.25, -0.2) is 13.1 Å². The van der Waals surface area contributed by atoms with Gasteiger partial charge in [0.1, 0.15) is 0 Å². The predicted octanol–water partition coefficient (Wildman–Crippen LogP) is 3.21. The number of hydrogen-bond donors (Lipinski definition) is 0.